The van der Waals surface area contributed by atoms with E-state index in [2.05, 4.69) is 13.8 Å². The number of aliphatic carboxylic acids is 1. The Morgan fingerprint density at radius 3 is 2.75 bits per heavy atom. The Morgan fingerprint density at radius 1 is 1.58 bits per heavy atom. The lowest BCUT2D eigenvalue weighted by atomic mass is 10.0. The summed E-state index contributed by atoms with van der Waals surface area (Å²) in [6.07, 6.45) is 7.49. The van der Waals surface area contributed by atoms with Gasteiger partial charge < -0.3 is 5.11 Å². The molecule has 0 saturated heterocycles. The van der Waals surface area contributed by atoms with Gasteiger partial charge >= 0.3 is 5.97 Å². The molecule has 0 aliphatic carbocycles. The van der Waals surface area contributed by atoms with E-state index in [1.807, 2.05) is 0 Å². The van der Waals surface area contributed by atoms with Crippen molar-refractivity contribution in [1.29, 1.82) is 0 Å². The largest absolute Gasteiger partial charge is 0.478 e. The predicted molar refractivity (Wildman–Crippen MR) is 50.1 cm³/mol. The molecule has 70 valence electrons. The Labute approximate surface area is 74.3 Å². The molecule has 0 aromatic heterocycles. The van der Waals surface area contributed by atoms with Gasteiger partial charge in [0, 0.05) is 6.08 Å². The number of rotatable bonds is 6. The third kappa shape index (κ3) is 7.32. The summed E-state index contributed by atoms with van der Waals surface area (Å²) in [6, 6.07) is 0. The van der Waals surface area contributed by atoms with E-state index in [1.165, 1.54) is 25.3 Å². The van der Waals surface area contributed by atoms with Crippen LogP contribution in [0.15, 0.2) is 12.2 Å². The third-order valence-electron chi connectivity index (χ3n) is 1.85. The van der Waals surface area contributed by atoms with Crippen molar-refractivity contribution < 1.29 is 9.90 Å². The number of hydrogen-bond acceptors (Lipinski definition) is 1. The second kappa shape index (κ2) is 6.89. The Kier molecular flexibility index (Phi) is 6.44. The maximum absolute atomic E-state index is 10.1. The normalized spacial score (nSPS) is 13.5. The second-order valence-electron chi connectivity index (χ2n) is 3.22. The van der Waals surface area contributed by atoms with E-state index in [-0.39, 0.29) is 0 Å². The summed E-state index contributed by atoms with van der Waals surface area (Å²) in [5.74, 6) is -0.238. The van der Waals surface area contributed by atoms with Crippen molar-refractivity contribution in [1.82, 2.24) is 0 Å². The molecule has 0 radical (unpaired) electrons. The molecule has 0 aliphatic heterocycles. The number of unbranched alkanes of at least 4 members (excludes halogenated alkanes) is 1. The molecule has 0 heterocycles. The standard InChI is InChI=1S/C10H18O2/c1-3-4-6-9(2)7-5-8-10(11)12/h5,8-9H,3-4,6-7H2,1-2H3,(H,11,12). The molecule has 0 saturated carbocycles. The van der Waals surface area contributed by atoms with Gasteiger partial charge in [0.25, 0.3) is 0 Å². The second-order valence-corrected chi connectivity index (χ2v) is 3.22. The van der Waals surface area contributed by atoms with Gasteiger partial charge in [-0.25, -0.2) is 4.79 Å². The smallest absolute Gasteiger partial charge is 0.327 e. The average molecular weight is 170 g/mol. The van der Waals surface area contributed by atoms with Gasteiger partial charge in [-0.3, -0.25) is 0 Å². The number of carboxylic acid groups (broad SMARTS) is 1. The van der Waals surface area contributed by atoms with E-state index in [4.69, 9.17) is 5.11 Å². The predicted octanol–water partition coefficient (Wildman–Crippen LogP) is 2.84. The van der Waals surface area contributed by atoms with E-state index in [0.717, 1.165) is 6.42 Å². The lowest BCUT2D eigenvalue weighted by Gasteiger charge is -2.05. The fourth-order valence-electron chi connectivity index (χ4n) is 1.07. The van der Waals surface area contributed by atoms with Crippen LogP contribution in [0.3, 0.4) is 0 Å². The molecule has 1 N–H and O–H groups in total. The van der Waals surface area contributed by atoms with E-state index in [1.54, 1.807) is 6.08 Å². The highest BCUT2D eigenvalue weighted by Gasteiger charge is 1.98. The maximum Gasteiger partial charge on any atom is 0.327 e. The van der Waals surface area contributed by atoms with Gasteiger partial charge in [0.2, 0.25) is 0 Å². The van der Waals surface area contributed by atoms with Crippen molar-refractivity contribution in [3.8, 4) is 0 Å². The molecular weight excluding hydrogens is 152 g/mol. The molecule has 0 fully saturated rings. The summed E-state index contributed by atoms with van der Waals surface area (Å²) in [4.78, 5) is 10.1. The first-order valence-corrected chi connectivity index (χ1v) is 4.56. The molecule has 0 spiro atoms. The van der Waals surface area contributed by atoms with E-state index in [0.29, 0.717) is 5.92 Å². The first kappa shape index (κ1) is 11.2. The highest BCUT2D eigenvalue weighted by Crippen LogP contribution is 2.11. The molecule has 0 amide bonds. The van der Waals surface area contributed by atoms with Gasteiger partial charge in [0.15, 0.2) is 0 Å². The lowest BCUT2D eigenvalue weighted by molar-refractivity contribution is -0.131. The van der Waals surface area contributed by atoms with Gasteiger partial charge in [-0.2, -0.15) is 0 Å². The van der Waals surface area contributed by atoms with Crippen molar-refractivity contribution >= 4 is 5.97 Å². The quantitative estimate of drug-likeness (QED) is 0.622. The molecule has 12 heavy (non-hydrogen) atoms. The highest BCUT2D eigenvalue weighted by molar-refractivity contribution is 5.79. The van der Waals surface area contributed by atoms with E-state index in [9.17, 15) is 4.79 Å². The molecule has 1 unspecified atom stereocenters. The van der Waals surface area contributed by atoms with Crippen LogP contribution < -0.4 is 0 Å². The van der Waals surface area contributed by atoms with Crippen LogP contribution in [0.4, 0.5) is 0 Å². The zero-order valence-electron chi connectivity index (χ0n) is 7.92. The fraction of sp³-hybridized carbons (Fsp3) is 0.700. The number of hydrogen-bond donors (Lipinski definition) is 1. The minimum absolute atomic E-state index is 0.612. The topological polar surface area (TPSA) is 37.3 Å². The Balaban J connectivity index is 3.42. The maximum atomic E-state index is 10.1. The first-order valence-electron chi connectivity index (χ1n) is 4.56. The summed E-state index contributed by atoms with van der Waals surface area (Å²) in [6.45, 7) is 4.32. The van der Waals surface area contributed by atoms with E-state index >= 15 is 0 Å². The Hall–Kier alpha value is -0.790. The monoisotopic (exact) mass is 170 g/mol. The van der Waals surface area contributed by atoms with Crippen molar-refractivity contribution in [3.63, 3.8) is 0 Å². The zero-order valence-corrected chi connectivity index (χ0v) is 7.92. The number of allylic oxidation sites excluding steroid dienone is 1. The SMILES string of the molecule is CCCCC(C)CC=CC(=O)O. The summed E-state index contributed by atoms with van der Waals surface area (Å²) >= 11 is 0. The molecule has 2 nitrogen and oxygen atoms in total. The summed E-state index contributed by atoms with van der Waals surface area (Å²) < 4.78 is 0. The molecule has 2 heteroatoms. The minimum atomic E-state index is -0.849. The molecule has 1 atom stereocenters. The number of carboxylic acids is 1. The van der Waals surface area contributed by atoms with Gasteiger partial charge in [-0.1, -0.05) is 39.2 Å². The van der Waals surface area contributed by atoms with Crippen LogP contribution in [0.1, 0.15) is 39.5 Å². The van der Waals surface area contributed by atoms with Gasteiger partial charge in [-0.05, 0) is 12.3 Å². The first-order chi connectivity index (χ1) is 5.66. The van der Waals surface area contributed by atoms with Crippen LogP contribution in [-0.4, -0.2) is 11.1 Å². The molecular formula is C10H18O2. The minimum Gasteiger partial charge on any atom is -0.478 e. The summed E-state index contributed by atoms with van der Waals surface area (Å²) in [5, 5.41) is 8.32. The van der Waals surface area contributed by atoms with Crippen LogP contribution in [0.25, 0.3) is 0 Å². The van der Waals surface area contributed by atoms with Crippen molar-refractivity contribution in [2.24, 2.45) is 5.92 Å². The highest BCUT2D eigenvalue weighted by atomic mass is 16.4. The van der Waals surface area contributed by atoms with Crippen LogP contribution in [0.2, 0.25) is 0 Å². The van der Waals surface area contributed by atoms with Gasteiger partial charge in [-0.15, -0.1) is 0 Å². The average Bonchev–Trinajstić information content (AvgIpc) is 2.00. The van der Waals surface area contributed by atoms with Crippen molar-refractivity contribution in [2.75, 3.05) is 0 Å². The Morgan fingerprint density at radius 2 is 2.25 bits per heavy atom. The van der Waals surface area contributed by atoms with Crippen LogP contribution >= 0.6 is 0 Å². The third-order valence-corrected chi connectivity index (χ3v) is 1.85. The zero-order chi connectivity index (χ0) is 9.40. The fourth-order valence-corrected chi connectivity index (χ4v) is 1.07. The van der Waals surface area contributed by atoms with E-state index < -0.39 is 5.97 Å². The van der Waals surface area contributed by atoms with Crippen LogP contribution in [0.5, 0.6) is 0 Å². The molecule has 0 bridgehead atoms. The van der Waals surface area contributed by atoms with Gasteiger partial charge in [0.1, 0.15) is 0 Å². The lowest BCUT2D eigenvalue weighted by Crippen LogP contribution is -1.93. The van der Waals surface area contributed by atoms with Crippen molar-refractivity contribution in [3.05, 3.63) is 12.2 Å². The summed E-state index contributed by atoms with van der Waals surface area (Å²) in [5.41, 5.74) is 0. The molecule has 0 aromatic carbocycles. The van der Waals surface area contributed by atoms with Gasteiger partial charge in [0.05, 0.1) is 0 Å². The molecule has 0 aromatic rings. The number of carbonyl (C=O) groups is 1. The molecule has 0 aliphatic rings. The van der Waals surface area contributed by atoms with Crippen molar-refractivity contribution in [2.45, 2.75) is 39.5 Å². The molecule has 0 rings (SSSR count). The van der Waals surface area contributed by atoms with Crippen LogP contribution in [-0.2, 0) is 4.79 Å². The summed E-state index contributed by atoms with van der Waals surface area (Å²) in [7, 11) is 0. The Bertz CT molecular complexity index is 150. The van der Waals surface area contributed by atoms with Crippen LogP contribution in [0, 0.1) is 5.92 Å².